The van der Waals surface area contributed by atoms with Crippen LogP contribution in [-0.4, -0.2) is 21.5 Å². The van der Waals surface area contributed by atoms with Crippen molar-refractivity contribution < 1.29 is 9.00 Å². The van der Waals surface area contributed by atoms with Gasteiger partial charge < -0.3 is 0 Å². The first-order valence-corrected chi connectivity index (χ1v) is 6.06. The van der Waals surface area contributed by atoms with Gasteiger partial charge in [-0.3, -0.25) is 9.00 Å². The lowest BCUT2D eigenvalue weighted by Gasteiger charge is -1.98. The minimum absolute atomic E-state index is 0.116. The Balaban J connectivity index is 3.40. The lowest BCUT2D eigenvalue weighted by molar-refractivity contribution is -0.116. The fourth-order valence-electron chi connectivity index (χ4n) is 0.867. The van der Waals surface area contributed by atoms with Crippen LogP contribution in [0, 0.1) is 0 Å². The Hall–Kier alpha value is -0.180. The van der Waals surface area contributed by atoms with Gasteiger partial charge in [-0.1, -0.05) is 26.7 Å². The van der Waals surface area contributed by atoms with Crippen LogP contribution < -0.4 is 0 Å². The zero-order chi connectivity index (χ0) is 9.40. The molecule has 0 aromatic rings. The fourth-order valence-corrected chi connectivity index (χ4v) is 2.10. The number of unbranched alkanes of at least 4 members (excludes halogenated alkanes) is 2. The molecule has 0 aliphatic heterocycles. The number of rotatable bonds is 7. The van der Waals surface area contributed by atoms with Crippen LogP contribution >= 0.6 is 0 Å². The van der Waals surface area contributed by atoms with Crippen LogP contribution in [-0.2, 0) is 15.6 Å². The molecule has 2 nitrogen and oxygen atoms in total. The zero-order valence-corrected chi connectivity index (χ0v) is 8.78. The summed E-state index contributed by atoms with van der Waals surface area (Å²) in [6.07, 6.45) is 3.75. The number of hydrogen-bond acceptors (Lipinski definition) is 2. The third-order valence-electron chi connectivity index (χ3n) is 1.69. The minimum Gasteiger partial charge on any atom is -0.299 e. The molecule has 0 fully saturated rings. The molecule has 12 heavy (non-hydrogen) atoms. The summed E-state index contributed by atoms with van der Waals surface area (Å²) in [6, 6.07) is 0. The highest BCUT2D eigenvalue weighted by atomic mass is 32.2. The van der Waals surface area contributed by atoms with Crippen LogP contribution in [0.2, 0.25) is 0 Å². The van der Waals surface area contributed by atoms with Gasteiger partial charge in [0.1, 0.15) is 5.78 Å². The average Bonchev–Trinajstić information content (AvgIpc) is 2.05. The molecular formula is C9H18O2S. The lowest BCUT2D eigenvalue weighted by atomic mass is 10.3. The number of hydrogen-bond donors (Lipinski definition) is 0. The lowest BCUT2D eigenvalue weighted by Crippen LogP contribution is -2.11. The predicted octanol–water partition coefficient (Wildman–Crippen LogP) is 1.90. The molecule has 0 saturated carbocycles. The summed E-state index contributed by atoms with van der Waals surface area (Å²) in [7, 11) is -0.901. The van der Waals surface area contributed by atoms with Crippen LogP contribution in [0.15, 0.2) is 0 Å². The maximum absolute atomic E-state index is 11.2. The van der Waals surface area contributed by atoms with Gasteiger partial charge in [0.25, 0.3) is 0 Å². The van der Waals surface area contributed by atoms with Gasteiger partial charge >= 0.3 is 0 Å². The Bertz CT molecular complexity index is 155. The van der Waals surface area contributed by atoms with Crippen molar-refractivity contribution in [3.05, 3.63) is 0 Å². The van der Waals surface area contributed by atoms with Gasteiger partial charge in [-0.15, -0.1) is 0 Å². The van der Waals surface area contributed by atoms with Gasteiger partial charge in [0.05, 0.1) is 5.75 Å². The maximum Gasteiger partial charge on any atom is 0.145 e. The monoisotopic (exact) mass is 190 g/mol. The number of carbonyl (C=O) groups is 1. The molecule has 1 atom stereocenters. The van der Waals surface area contributed by atoms with Crippen LogP contribution in [0.3, 0.4) is 0 Å². The van der Waals surface area contributed by atoms with Crippen molar-refractivity contribution >= 4 is 16.6 Å². The summed E-state index contributed by atoms with van der Waals surface area (Å²) in [6.45, 7) is 3.92. The first-order chi connectivity index (χ1) is 5.70. The van der Waals surface area contributed by atoms with E-state index in [1.807, 2.05) is 6.92 Å². The molecule has 0 saturated heterocycles. The highest BCUT2D eigenvalue weighted by Crippen LogP contribution is 1.97. The Morgan fingerprint density at radius 2 is 1.92 bits per heavy atom. The second-order valence-corrected chi connectivity index (χ2v) is 4.46. The van der Waals surface area contributed by atoms with Crippen molar-refractivity contribution in [2.45, 2.75) is 39.5 Å². The van der Waals surface area contributed by atoms with Crippen LogP contribution in [0.25, 0.3) is 0 Å². The smallest absolute Gasteiger partial charge is 0.145 e. The molecule has 0 aliphatic rings. The van der Waals surface area contributed by atoms with E-state index in [4.69, 9.17) is 0 Å². The van der Waals surface area contributed by atoms with Gasteiger partial charge in [-0.2, -0.15) is 0 Å². The maximum atomic E-state index is 11.2. The first kappa shape index (κ1) is 11.8. The molecule has 0 aromatic carbocycles. The van der Waals surface area contributed by atoms with Crippen molar-refractivity contribution in [1.29, 1.82) is 0 Å². The summed E-state index contributed by atoms with van der Waals surface area (Å²) >= 11 is 0. The molecule has 0 aromatic heterocycles. The third kappa shape index (κ3) is 6.53. The number of carbonyl (C=O) groups excluding carboxylic acids is 1. The van der Waals surface area contributed by atoms with Crippen molar-refractivity contribution in [3.63, 3.8) is 0 Å². The Morgan fingerprint density at radius 1 is 1.25 bits per heavy atom. The largest absolute Gasteiger partial charge is 0.299 e. The van der Waals surface area contributed by atoms with E-state index in [9.17, 15) is 9.00 Å². The van der Waals surface area contributed by atoms with Gasteiger partial charge in [0.15, 0.2) is 0 Å². The molecule has 0 N–H and O–H groups in total. The van der Waals surface area contributed by atoms with E-state index in [1.165, 1.54) is 0 Å². The second-order valence-electron chi connectivity index (χ2n) is 2.89. The molecule has 0 radical (unpaired) electrons. The zero-order valence-electron chi connectivity index (χ0n) is 7.97. The van der Waals surface area contributed by atoms with Crippen molar-refractivity contribution in [2.24, 2.45) is 0 Å². The second kappa shape index (κ2) is 7.47. The van der Waals surface area contributed by atoms with Crippen molar-refractivity contribution in [3.8, 4) is 0 Å². The molecule has 0 heterocycles. The van der Waals surface area contributed by atoms with Crippen molar-refractivity contribution in [2.75, 3.05) is 11.5 Å². The first-order valence-electron chi connectivity index (χ1n) is 4.57. The third-order valence-corrected chi connectivity index (χ3v) is 3.08. The summed E-state index contributed by atoms with van der Waals surface area (Å²) in [4.78, 5) is 10.9. The molecule has 0 spiro atoms. The van der Waals surface area contributed by atoms with Crippen LogP contribution in [0.1, 0.15) is 39.5 Å². The van der Waals surface area contributed by atoms with Crippen LogP contribution in [0.4, 0.5) is 0 Å². The Labute approximate surface area is 77.2 Å². The van der Waals surface area contributed by atoms with E-state index in [0.717, 1.165) is 19.3 Å². The fraction of sp³-hybridized carbons (Fsp3) is 0.889. The standard InChI is InChI=1S/C9H18O2S/c1-3-5-6-7-12(11)8-9(10)4-2/h3-8H2,1-2H3. The van der Waals surface area contributed by atoms with E-state index in [1.54, 1.807) is 0 Å². The van der Waals surface area contributed by atoms with Crippen molar-refractivity contribution in [1.82, 2.24) is 0 Å². The summed E-state index contributed by atoms with van der Waals surface area (Å²) in [5.74, 6) is 1.07. The van der Waals surface area contributed by atoms with Crippen LogP contribution in [0.5, 0.6) is 0 Å². The number of Topliss-reactive ketones (excluding diaryl/α,β-unsaturated/α-hetero) is 1. The highest BCUT2D eigenvalue weighted by Gasteiger charge is 2.04. The molecule has 0 bridgehead atoms. The minimum atomic E-state index is -0.901. The normalized spacial score (nSPS) is 12.8. The quantitative estimate of drug-likeness (QED) is 0.575. The van der Waals surface area contributed by atoms with Gasteiger partial charge in [-0.25, -0.2) is 0 Å². The molecule has 1 unspecified atom stereocenters. The Morgan fingerprint density at radius 3 is 2.42 bits per heavy atom. The summed E-state index contributed by atoms with van der Waals surface area (Å²) < 4.78 is 11.2. The topological polar surface area (TPSA) is 34.1 Å². The van der Waals surface area contributed by atoms with Gasteiger partial charge in [0.2, 0.25) is 0 Å². The SMILES string of the molecule is CCCCCS(=O)CC(=O)CC. The Kier molecular flexibility index (Phi) is 7.36. The summed E-state index contributed by atoms with van der Waals surface area (Å²) in [5.41, 5.74) is 0. The van der Waals surface area contributed by atoms with Gasteiger partial charge in [0, 0.05) is 23.0 Å². The highest BCUT2D eigenvalue weighted by molar-refractivity contribution is 7.85. The number of ketones is 1. The molecule has 3 heteroatoms. The summed E-state index contributed by atoms with van der Waals surface area (Å²) in [5, 5.41) is 0. The van der Waals surface area contributed by atoms with Gasteiger partial charge in [-0.05, 0) is 6.42 Å². The molecule has 0 amide bonds. The molecule has 72 valence electrons. The van der Waals surface area contributed by atoms with E-state index in [-0.39, 0.29) is 11.5 Å². The molecular weight excluding hydrogens is 172 g/mol. The predicted molar refractivity (Wildman–Crippen MR) is 52.7 cm³/mol. The van der Waals surface area contributed by atoms with E-state index in [0.29, 0.717) is 12.2 Å². The van der Waals surface area contributed by atoms with E-state index < -0.39 is 10.8 Å². The molecule has 0 aliphatic carbocycles. The average molecular weight is 190 g/mol. The molecule has 0 rings (SSSR count). The van der Waals surface area contributed by atoms with E-state index in [2.05, 4.69) is 6.92 Å². The van der Waals surface area contributed by atoms with E-state index >= 15 is 0 Å².